The molecule has 0 saturated heterocycles. The number of anilines is 1. The van der Waals surface area contributed by atoms with E-state index in [-0.39, 0.29) is 0 Å². The summed E-state index contributed by atoms with van der Waals surface area (Å²) in [6.07, 6.45) is 1.60. The van der Waals surface area contributed by atoms with Crippen molar-refractivity contribution in [2.24, 2.45) is 10.8 Å². The van der Waals surface area contributed by atoms with Crippen LogP contribution in [0.4, 0.5) is 10.5 Å². The first-order chi connectivity index (χ1) is 8.77. The van der Waals surface area contributed by atoms with E-state index in [1.165, 1.54) is 0 Å². The SMILES string of the molecule is NC(=O)N(/N=C\c1ccccc1)c1ccccc1. The van der Waals surface area contributed by atoms with E-state index < -0.39 is 6.03 Å². The van der Waals surface area contributed by atoms with Gasteiger partial charge in [0.1, 0.15) is 0 Å². The Kier molecular flexibility index (Phi) is 3.71. The Hall–Kier alpha value is -2.62. The van der Waals surface area contributed by atoms with Crippen molar-refractivity contribution in [3.63, 3.8) is 0 Å². The normalized spacial score (nSPS) is 10.4. The van der Waals surface area contributed by atoms with Gasteiger partial charge in [-0.2, -0.15) is 10.1 Å². The molecule has 18 heavy (non-hydrogen) atoms. The molecule has 0 aliphatic carbocycles. The van der Waals surface area contributed by atoms with E-state index in [1.807, 2.05) is 48.5 Å². The first kappa shape index (κ1) is 11.9. The number of hydrogen-bond acceptors (Lipinski definition) is 2. The second-order valence-electron chi connectivity index (χ2n) is 3.64. The van der Waals surface area contributed by atoms with Crippen LogP contribution in [0.25, 0.3) is 0 Å². The third kappa shape index (κ3) is 2.95. The largest absolute Gasteiger partial charge is 0.350 e. The van der Waals surface area contributed by atoms with Crippen LogP contribution in [0.1, 0.15) is 5.56 Å². The lowest BCUT2D eigenvalue weighted by Gasteiger charge is -2.13. The smallest absolute Gasteiger partial charge is 0.340 e. The van der Waals surface area contributed by atoms with Gasteiger partial charge in [0.05, 0.1) is 11.9 Å². The Balaban J connectivity index is 2.23. The molecule has 0 heterocycles. The molecular formula is C14H13N3O. The van der Waals surface area contributed by atoms with E-state index in [4.69, 9.17) is 5.73 Å². The fourth-order valence-corrected chi connectivity index (χ4v) is 1.48. The number of hydrogen-bond donors (Lipinski definition) is 1. The monoisotopic (exact) mass is 239 g/mol. The van der Waals surface area contributed by atoms with E-state index in [0.29, 0.717) is 5.69 Å². The maximum Gasteiger partial charge on any atom is 0.340 e. The Morgan fingerprint density at radius 2 is 1.56 bits per heavy atom. The van der Waals surface area contributed by atoms with Crippen molar-refractivity contribution < 1.29 is 4.79 Å². The molecule has 2 N–H and O–H groups in total. The lowest BCUT2D eigenvalue weighted by Crippen LogP contribution is -2.31. The van der Waals surface area contributed by atoms with Crippen LogP contribution in [0.2, 0.25) is 0 Å². The molecule has 2 aromatic carbocycles. The highest BCUT2D eigenvalue weighted by atomic mass is 16.2. The minimum absolute atomic E-state index is 0.617. The van der Waals surface area contributed by atoms with Gasteiger partial charge in [-0.05, 0) is 17.7 Å². The van der Waals surface area contributed by atoms with Crippen molar-refractivity contribution >= 4 is 17.9 Å². The molecule has 0 aromatic heterocycles. The zero-order chi connectivity index (χ0) is 12.8. The summed E-state index contributed by atoms with van der Waals surface area (Å²) < 4.78 is 0. The number of urea groups is 1. The third-order valence-electron chi connectivity index (χ3n) is 2.33. The summed E-state index contributed by atoms with van der Waals surface area (Å²) in [5.74, 6) is 0. The number of hydrazone groups is 1. The highest BCUT2D eigenvalue weighted by Gasteiger charge is 2.09. The fourth-order valence-electron chi connectivity index (χ4n) is 1.48. The third-order valence-corrected chi connectivity index (χ3v) is 2.33. The van der Waals surface area contributed by atoms with Crippen LogP contribution in [0.15, 0.2) is 65.8 Å². The number of rotatable bonds is 3. The first-order valence-corrected chi connectivity index (χ1v) is 5.51. The zero-order valence-electron chi connectivity index (χ0n) is 9.73. The van der Waals surface area contributed by atoms with Crippen molar-refractivity contribution in [1.29, 1.82) is 0 Å². The van der Waals surface area contributed by atoms with Crippen LogP contribution >= 0.6 is 0 Å². The second kappa shape index (κ2) is 5.63. The predicted octanol–water partition coefficient (Wildman–Crippen LogP) is 2.61. The Labute approximate surface area is 105 Å². The average molecular weight is 239 g/mol. The fraction of sp³-hybridized carbons (Fsp3) is 0. The van der Waals surface area contributed by atoms with Crippen LogP contribution in [0.5, 0.6) is 0 Å². The van der Waals surface area contributed by atoms with Gasteiger partial charge in [-0.1, -0.05) is 48.5 Å². The summed E-state index contributed by atoms with van der Waals surface area (Å²) >= 11 is 0. The summed E-state index contributed by atoms with van der Waals surface area (Å²) in [5.41, 5.74) is 6.84. The molecule has 0 spiro atoms. The van der Waals surface area contributed by atoms with Crippen LogP contribution in [-0.2, 0) is 0 Å². The van der Waals surface area contributed by atoms with E-state index in [0.717, 1.165) is 10.6 Å². The highest BCUT2D eigenvalue weighted by molar-refractivity contribution is 5.92. The van der Waals surface area contributed by atoms with Gasteiger partial charge in [-0.3, -0.25) is 0 Å². The van der Waals surface area contributed by atoms with E-state index >= 15 is 0 Å². The zero-order valence-corrected chi connectivity index (χ0v) is 9.73. The number of amides is 2. The molecule has 2 rings (SSSR count). The summed E-state index contributed by atoms with van der Waals surface area (Å²) in [5, 5.41) is 5.26. The number of para-hydroxylation sites is 1. The quantitative estimate of drug-likeness (QED) is 0.649. The first-order valence-electron chi connectivity index (χ1n) is 5.51. The molecule has 0 saturated carbocycles. The van der Waals surface area contributed by atoms with Gasteiger partial charge in [0.25, 0.3) is 0 Å². The molecule has 0 radical (unpaired) electrons. The molecule has 4 nitrogen and oxygen atoms in total. The van der Waals surface area contributed by atoms with Crippen LogP contribution in [0.3, 0.4) is 0 Å². The van der Waals surface area contributed by atoms with Crippen molar-refractivity contribution in [2.75, 3.05) is 5.01 Å². The van der Waals surface area contributed by atoms with E-state index in [1.54, 1.807) is 18.3 Å². The maximum atomic E-state index is 11.4. The molecule has 2 amide bonds. The number of carbonyl (C=O) groups is 1. The van der Waals surface area contributed by atoms with E-state index in [9.17, 15) is 4.79 Å². The van der Waals surface area contributed by atoms with Crippen LogP contribution < -0.4 is 10.7 Å². The summed E-state index contributed by atoms with van der Waals surface area (Å²) in [6, 6.07) is 17.9. The van der Waals surface area contributed by atoms with Crippen LogP contribution in [-0.4, -0.2) is 12.2 Å². The second-order valence-corrected chi connectivity index (χ2v) is 3.64. The van der Waals surface area contributed by atoms with Gasteiger partial charge in [0.2, 0.25) is 0 Å². The molecule has 0 aliphatic heterocycles. The minimum atomic E-state index is -0.617. The lowest BCUT2D eigenvalue weighted by atomic mass is 10.2. The lowest BCUT2D eigenvalue weighted by molar-refractivity contribution is 0.254. The standard InChI is InChI=1S/C14H13N3O/c15-14(18)17(13-9-5-2-6-10-13)16-11-12-7-3-1-4-8-12/h1-11H,(H2,15,18)/b16-11-. The molecule has 0 fully saturated rings. The van der Waals surface area contributed by atoms with Crippen molar-refractivity contribution in [2.45, 2.75) is 0 Å². The van der Waals surface area contributed by atoms with Crippen molar-refractivity contribution in [3.8, 4) is 0 Å². The Morgan fingerprint density at radius 3 is 2.11 bits per heavy atom. The van der Waals surface area contributed by atoms with Gasteiger partial charge >= 0.3 is 6.03 Å². The highest BCUT2D eigenvalue weighted by Crippen LogP contribution is 2.13. The number of benzene rings is 2. The number of carbonyl (C=O) groups excluding carboxylic acids is 1. The topological polar surface area (TPSA) is 58.7 Å². The maximum absolute atomic E-state index is 11.4. The van der Waals surface area contributed by atoms with Gasteiger partial charge in [-0.15, -0.1) is 0 Å². The molecule has 0 atom stereocenters. The van der Waals surface area contributed by atoms with Crippen molar-refractivity contribution in [3.05, 3.63) is 66.2 Å². The summed E-state index contributed by atoms with van der Waals surface area (Å²) in [4.78, 5) is 11.4. The molecule has 0 aliphatic rings. The van der Waals surface area contributed by atoms with E-state index in [2.05, 4.69) is 5.10 Å². The molecular weight excluding hydrogens is 226 g/mol. The Morgan fingerprint density at radius 1 is 1.00 bits per heavy atom. The summed E-state index contributed by atoms with van der Waals surface area (Å²) in [6.45, 7) is 0. The van der Waals surface area contributed by atoms with Gasteiger partial charge in [0, 0.05) is 0 Å². The average Bonchev–Trinajstić information content (AvgIpc) is 2.41. The van der Waals surface area contributed by atoms with Gasteiger partial charge < -0.3 is 5.73 Å². The van der Waals surface area contributed by atoms with Crippen molar-refractivity contribution in [1.82, 2.24) is 0 Å². The summed E-state index contributed by atoms with van der Waals surface area (Å²) in [7, 11) is 0. The molecule has 0 unspecified atom stereocenters. The number of nitrogens with two attached hydrogens (primary N) is 1. The van der Waals surface area contributed by atoms with Gasteiger partial charge in [-0.25, -0.2) is 4.79 Å². The number of primary amides is 1. The molecule has 0 bridgehead atoms. The molecule has 2 aromatic rings. The molecule has 90 valence electrons. The van der Waals surface area contributed by atoms with Crippen LogP contribution in [0, 0.1) is 0 Å². The number of nitrogens with zero attached hydrogens (tertiary/aromatic N) is 2. The van der Waals surface area contributed by atoms with Gasteiger partial charge in [0.15, 0.2) is 0 Å². The minimum Gasteiger partial charge on any atom is -0.350 e. The predicted molar refractivity (Wildman–Crippen MR) is 72.5 cm³/mol. The molecule has 4 heteroatoms. The Bertz CT molecular complexity index is 537.